The number of hydrogen-bond acceptors (Lipinski definition) is 4. The third-order valence-corrected chi connectivity index (χ3v) is 6.40. The van der Waals surface area contributed by atoms with Crippen molar-refractivity contribution in [2.75, 3.05) is 27.3 Å². The average molecular weight is 367 g/mol. The summed E-state index contributed by atoms with van der Waals surface area (Å²) in [6, 6.07) is 15.0. The Hall–Kier alpha value is -1.88. The second-order valence-electron chi connectivity index (χ2n) is 7.89. The van der Waals surface area contributed by atoms with Crippen molar-refractivity contribution in [3.05, 3.63) is 64.7 Å². The van der Waals surface area contributed by atoms with Crippen LogP contribution in [0.4, 0.5) is 0 Å². The van der Waals surface area contributed by atoms with Crippen molar-refractivity contribution in [1.29, 1.82) is 0 Å². The molecule has 4 nitrogen and oxygen atoms in total. The molecule has 0 radical (unpaired) electrons. The topological polar surface area (TPSA) is 41.9 Å². The van der Waals surface area contributed by atoms with Gasteiger partial charge in [0.05, 0.1) is 19.8 Å². The number of benzene rings is 2. The second kappa shape index (κ2) is 7.63. The van der Waals surface area contributed by atoms with Gasteiger partial charge in [-0.05, 0) is 61.2 Å². The van der Waals surface area contributed by atoms with Crippen LogP contribution in [-0.2, 0) is 29.7 Å². The van der Waals surface area contributed by atoms with Crippen LogP contribution >= 0.6 is 0 Å². The molecule has 4 rings (SSSR count). The van der Waals surface area contributed by atoms with Crippen LogP contribution in [0.5, 0.6) is 5.75 Å². The lowest BCUT2D eigenvalue weighted by molar-refractivity contribution is 0.0413. The number of ether oxygens (including phenoxy) is 2. The Morgan fingerprint density at radius 2 is 1.89 bits per heavy atom. The molecule has 1 spiro atoms. The molecule has 144 valence electrons. The van der Waals surface area contributed by atoms with E-state index in [9.17, 15) is 5.11 Å². The molecule has 1 heterocycles. The minimum Gasteiger partial charge on any atom is -0.496 e. The van der Waals surface area contributed by atoms with E-state index in [1.807, 2.05) is 6.07 Å². The number of aliphatic hydroxyl groups excluding tert-OH is 1. The van der Waals surface area contributed by atoms with Gasteiger partial charge in [-0.15, -0.1) is 0 Å². The highest BCUT2D eigenvalue weighted by molar-refractivity contribution is 5.42. The summed E-state index contributed by atoms with van der Waals surface area (Å²) in [5.41, 5.74) is 5.04. The first-order valence-corrected chi connectivity index (χ1v) is 9.80. The van der Waals surface area contributed by atoms with Gasteiger partial charge in [-0.3, -0.25) is 4.90 Å². The fourth-order valence-corrected chi connectivity index (χ4v) is 4.94. The number of piperidine rings is 1. The lowest BCUT2D eigenvalue weighted by Crippen LogP contribution is -2.47. The molecule has 2 aliphatic rings. The standard InChI is InChI=1S/C23H29NO3/c1-26-16-19-13-17(7-8-21(19)27-2)15-24-11-9-23(10-12-24)20-6-4-3-5-18(20)14-22(23)25/h3-8,13,22,25H,9-12,14-16H2,1-2H3/t22-/m0/s1. The van der Waals surface area contributed by atoms with Crippen molar-refractivity contribution in [3.8, 4) is 5.75 Å². The molecule has 1 atom stereocenters. The Morgan fingerprint density at radius 1 is 1.11 bits per heavy atom. The normalized spacial score (nSPS) is 21.4. The summed E-state index contributed by atoms with van der Waals surface area (Å²) in [7, 11) is 3.41. The highest BCUT2D eigenvalue weighted by atomic mass is 16.5. The van der Waals surface area contributed by atoms with E-state index in [1.165, 1.54) is 16.7 Å². The van der Waals surface area contributed by atoms with E-state index in [4.69, 9.17) is 9.47 Å². The van der Waals surface area contributed by atoms with Crippen LogP contribution in [-0.4, -0.2) is 43.4 Å². The van der Waals surface area contributed by atoms with E-state index in [0.717, 1.165) is 50.2 Å². The van der Waals surface area contributed by atoms with E-state index in [-0.39, 0.29) is 11.5 Å². The molecule has 1 aliphatic carbocycles. The van der Waals surface area contributed by atoms with Gasteiger partial charge in [0.1, 0.15) is 5.75 Å². The fourth-order valence-electron chi connectivity index (χ4n) is 4.94. The van der Waals surface area contributed by atoms with Gasteiger partial charge in [0.2, 0.25) is 0 Å². The van der Waals surface area contributed by atoms with Crippen LogP contribution in [0.25, 0.3) is 0 Å². The van der Waals surface area contributed by atoms with Crippen LogP contribution in [0.2, 0.25) is 0 Å². The van der Waals surface area contributed by atoms with Crippen LogP contribution in [0.1, 0.15) is 35.1 Å². The van der Waals surface area contributed by atoms with Gasteiger partial charge < -0.3 is 14.6 Å². The first-order chi connectivity index (χ1) is 13.2. The van der Waals surface area contributed by atoms with E-state index in [0.29, 0.717) is 6.61 Å². The maximum absolute atomic E-state index is 10.8. The van der Waals surface area contributed by atoms with Crippen molar-refractivity contribution in [3.63, 3.8) is 0 Å². The van der Waals surface area contributed by atoms with Crippen molar-refractivity contribution in [2.24, 2.45) is 0 Å². The molecule has 1 saturated heterocycles. The molecule has 4 heteroatoms. The molecule has 1 N–H and O–H groups in total. The van der Waals surface area contributed by atoms with Crippen molar-refractivity contribution in [1.82, 2.24) is 4.90 Å². The number of aliphatic hydroxyl groups is 1. The molecule has 2 aromatic rings. The molecular formula is C23H29NO3. The number of likely N-dealkylation sites (tertiary alicyclic amines) is 1. The summed E-state index contributed by atoms with van der Waals surface area (Å²) < 4.78 is 10.7. The van der Waals surface area contributed by atoms with Gasteiger partial charge in [-0.25, -0.2) is 0 Å². The molecule has 1 aliphatic heterocycles. The largest absolute Gasteiger partial charge is 0.496 e. The smallest absolute Gasteiger partial charge is 0.124 e. The molecule has 2 aromatic carbocycles. The maximum Gasteiger partial charge on any atom is 0.124 e. The summed E-state index contributed by atoms with van der Waals surface area (Å²) in [6.07, 6.45) is 2.60. The Bertz CT molecular complexity index is 796. The number of nitrogens with zero attached hydrogens (tertiary/aromatic N) is 1. The van der Waals surface area contributed by atoms with E-state index >= 15 is 0 Å². The van der Waals surface area contributed by atoms with Crippen LogP contribution < -0.4 is 4.74 Å². The zero-order valence-electron chi connectivity index (χ0n) is 16.3. The third kappa shape index (κ3) is 3.38. The van der Waals surface area contributed by atoms with Crippen LogP contribution in [0.15, 0.2) is 42.5 Å². The predicted octanol–water partition coefficient (Wildman–Crippen LogP) is 3.29. The fraction of sp³-hybridized carbons (Fsp3) is 0.478. The van der Waals surface area contributed by atoms with Crippen LogP contribution in [0, 0.1) is 0 Å². The molecule has 0 aromatic heterocycles. The minimum absolute atomic E-state index is 0.0474. The van der Waals surface area contributed by atoms with Crippen LogP contribution in [0.3, 0.4) is 0 Å². The highest BCUT2D eigenvalue weighted by Gasteiger charge is 2.47. The monoisotopic (exact) mass is 367 g/mol. The van der Waals surface area contributed by atoms with Gasteiger partial charge in [0, 0.05) is 24.6 Å². The summed E-state index contributed by atoms with van der Waals surface area (Å²) in [5, 5.41) is 10.8. The van der Waals surface area contributed by atoms with Crippen molar-refractivity contribution < 1.29 is 14.6 Å². The summed E-state index contributed by atoms with van der Waals surface area (Å²) in [5.74, 6) is 0.879. The van der Waals surface area contributed by atoms with E-state index in [1.54, 1.807) is 14.2 Å². The first-order valence-electron chi connectivity index (χ1n) is 9.80. The maximum atomic E-state index is 10.8. The molecule has 0 saturated carbocycles. The van der Waals surface area contributed by atoms with Gasteiger partial charge in [-0.1, -0.05) is 30.3 Å². The predicted molar refractivity (Wildman–Crippen MR) is 106 cm³/mol. The summed E-state index contributed by atoms with van der Waals surface area (Å²) in [4.78, 5) is 2.50. The Balaban J connectivity index is 1.45. The molecule has 0 unspecified atom stereocenters. The minimum atomic E-state index is -0.244. The summed E-state index contributed by atoms with van der Waals surface area (Å²) >= 11 is 0. The van der Waals surface area contributed by atoms with Gasteiger partial charge in [0.25, 0.3) is 0 Å². The zero-order chi connectivity index (χ0) is 18.9. The number of methoxy groups -OCH3 is 2. The second-order valence-corrected chi connectivity index (χ2v) is 7.89. The molecule has 1 fully saturated rings. The number of rotatable bonds is 5. The van der Waals surface area contributed by atoms with Gasteiger partial charge in [0.15, 0.2) is 0 Å². The van der Waals surface area contributed by atoms with E-state index < -0.39 is 0 Å². The Morgan fingerprint density at radius 3 is 2.63 bits per heavy atom. The van der Waals surface area contributed by atoms with Crippen molar-refractivity contribution >= 4 is 0 Å². The third-order valence-electron chi connectivity index (χ3n) is 6.40. The van der Waals surface area contributed by atoms with Gasteiger partial charge in [-0.2, -0.15) is 0 Å². The molecule has 0 amide bonds. The number of hydrogen-bond donors (Lipinski definition) is 1. The van der Waals surface area contributed by atoms with Crippen molar-refractivity contribution in [2.45, 2.75) is 43.9 Å². The quantitative estimate of drug-likeness (QED) is 0.881. The average Bonchev–Trinajstić information content (AvgIpc) is 2.96. The molecular weight excluding hydrogens is 338 g/mol. The zero-order valence-corrected chi connectivity index (χ0v) is 16.3. The lowest BCUT2D eigenvalue weighted by Gasteiger charge is -2.42. The lowest BCUT2D eigenvalue weighted by atomic mass is 9.72. The summed E-state index contributed by atoms with van der Waals surface area (Å²) in [6.45, 7) is 3.51. The first kappa shape index (κ1) is 18.5. The molecule has 0 bridgehead atoms. The van der Waals surface area contributed by atoms with E-state index in [2.05, 4.69) is 41.3 Å². The van der Waals surface area contributed by atoms with Gasteiger partial charge >= 0.3 is 0 Å². The Kier molecular flexibility index (Phi) is 5.22. The Labute approximate surface area is 161 Å². The highest BCUT2D eigenvalue weighted by Crippen LogP contribution is 2.46. The SMILES string of the molecule is COCc1cc(CN2CCC3(CC2)c2ccccc2C[C@@H]3O)ccc1OC. The number of fused-ring (bicyclic) bond motifs is 2. The molecule has 27 heavy (non-hydrogen) atoms.